The molecule has 0 atom stereocenters. The van der Waals surface area contributed by atoms with Crippen LogP contribution in [0.5, 0.6) is 5.75 Å². The van der Waals surface area contributed by atoms with Crippen LogP contribution in [0.1, 0.15) is 12.5 Å². The molecule has 1 aromatic carbocycles. The highest BCUT2D eigenvalue weighted by Gasteiger charge is 2.23. The van der Waals surface area contributed by atoms with Gasteiger partial charge in [-0.3, -0.25) is 10.1 Å². The van der Waals surface area contributed by atoms with Crippen LogP contribution in [-0.2, 0) is 0 Å². The van der Waals surface area contributed by atoms with Gasteiger partial charge in [-0.1, -0.05) is 11.2 Å². The van der Waals surface area contributed by atoms with Crippen LogP contribution in [0.15, 0.2) is 22.7 Å². The minimum atomic E-state index is -0.493. The second-order valence-corrected chi connectivity index (χ2v) is 3.86. The van der Waals surface area contributed by atoms with E-state index in [4.69, 9.17) is 15.0 Å². The summed E-state index contributed by atoms with van der Waals surface area (Å²) in [5.74, 6) is 0.357. The van der Waals surface area contributed by atoms with Gasteiger partial charge in [0.05, 0.1) is 17.1 Å². The van der Waals surface area contributed by atoms with Gasteiger partial charge in [0.15, 0.2) is 0 Å². The third-order valence-corrected chi connectivity index (χ3v) is 2.69. The van der Waals surface area contributed by atoms with Crippen molar-refractivity contribution in [2.24, 2.45) is 0 Å². The zero-order chi connectivity index (χ0) is 14.0. The van der Waals surface area contributed by atoms with Gasteiger partial charge in [-0.05, 0) is 19.9 Å². The summed E-state index contributed by atoms with van der Waals surface area (Å²) in [4.78, 5) is 10.5. The van der Waals surface area contributed by atoms with Gasteiger partial charge in [0.2, 0.25) is 11.6 Å². The maximum Gasteiger partial charge on any atom is 0.311 e. The topological polar surface area (TPSA) is 104 Å². The van der Waals surface area contributed by atoms with Crippen LogP contribution >= 0.6 is 0 Å². The molecule has 2 aromatic rings. The van der Waals surface area contributed by atoms with E-state index in [1.807, 2.05) is 0 Å². The lowest BCUT2D eigenvalue weighted by atomic mass is 10.1. The van der Waals surface area contributed by atoms with Crippen molar-refractivity contribution in [3.8, 4) is 17.0 Å². The number of nitrogens with zero attached hydrogens (tertiary/aromatic N) is 2. The summed E-state index contributed by atoms with van der Waals surface area (Å²) in [7, 11) is 0. The number of nitro benzene ring substituents is 1. The molecule has 0 spiro atoms. The van der Waals surface area contributed by atoms with Gasteiger partial charge in [-0.15, -0.1) is 0 Å². The predicted molar refractivity (Wildman–Crippen MR) is 68.9 cm³/mol. The monoisotopic (exact) mass is 263 g/mol. The zero-order valence-electron chi connectivity index (χ0n) is 10.5. The largest absolute Gasteiger partial charge is 0.487 e. The Bertz CT molecular complexity index is 621. The number of hydrogen-bond donors (Lipinski definition) is 1. The lowest BCUT2D eigenvalue weighted by Gasteiger charge is -2.08. The number of benzene rings is 1. The molecule has 0 aliphatic carbocycles. The van der Waals surface area contributed by atoms with E-state index in [0.29, 0.717) is 23.4 Å². The molecular formula is C12H13N3O4. The van der Waals surface area contributed by atoms with Crippen molar-refractivity contribution in [2.45, 2.75) is 13.8 Å². The Morgan fingerprint density at radius 1 is 1.53 bits per heavy atom. The molecule has 0 saturated heterocycles. The van der Waals surface area contributed by atoms with E-state index in [1.165, 1.54) is 6.07 Å². The normalized spacial score (nSPS) is 10.4. The maximum absolute atomic E-state index is 11.0. The van der Waals surface area contributed by atoms with Gasteiger partial charge in [-0.2, -0.15) is 0 Å². The van der Waals surface area contributed by atoms with Crippen molar-refractivity contribution in [3.05, 3.63) is 33.9 Å². The van der Waals surface area contributed by atoms with Crippen LogP contribution in [-0.4, -0.2) is 16.7 Å². The Morgan fingerprint density at radius 2 is 2.26 bits per heavy atom. The van der Waals surface area contributed by atoms with Gasteiger partial charge in [0.1, 0.15) is 5.69 Å². The maximum atomic E-state index is 11.0. The smallest absolute Gasteiger partial charge is 0.311 e. The molecule has 0 radical (unpaired) electrons. The fourth-order valence-electron chi connectivity index (χ4n) is 1.75. The molecule has 2 N–H and O–H groups in total. The molecule has 0 fully saturated rings. The molecule has 0 amide bonds. The predicted octanol–water partition coefficient (Wildman–Crippen LogP) is 2.54. The van der Waals surface area contributed by atoms with Crippen molar-refractivity contribution in [1.29, 1.82) is 0 Å². The van der Waals surface area contributed by atoms with Gasteiger partial charge in [0, 0.05) is 11.6 Å². The molecule has 0 unspecified atom stereocenters. The summed E-state index contributed by atoms with van der Waals surface area (Å²) in [6.45, 7) is 3.80. The SMILES string of the molecule is CCOc1c(-c2noc(N)c2C)cccc1[N+](=O)[O-]. The molecule has 0 aliphatic rings. The van der Waals surface area contributed by atoms with Crippen LogP contribution in [0.3, 0.4) is 0 Å². The molecule has 7 nitrogen and oxygen atoms in total. The average Bonchev–Trinajstić information content (AvgIpc) is 2.70. The molecule has 0 aliphatic heterocycles. The highest BCUT2D eigenvalue weighted by atomic mass is 16.6. The fourth-order valence-corrected chi connectivity index (χ4v) is 1.75. The number of para-hydroxylation sites is 1. The van der Waals surface area contributed by atoms with E-state index >= 15 is 0 Å². The summed E-state index contributed by atoms with van der Waals surface area (Å²) in [6.07, 6.45) is 0. The van der Waals surface area contributed by atoms with E-state index in [2.05, 4.69) is 5.16 Å². The molecule has 1 aromatic heterocycles. The van der Waals surface area contributed by atoms with Crippen LogP contribution < -0.4 is 10.5 Å². The van der Waals surface area contributed by atoms with Gasteiger partial charge in [0.25, 0.3) is 0 Å². The summed E-state index contributed by atoms with van der Waals surface area (Å²) < 4.78 is 10.3. The summed E-state index contributed by atoms with van der Waals surface area (Å²) in [6, 6.07) is 4.63. The molecule has 2 rings (SSSR count). The van der Waals surface area contributed by atoms with Gasteiger partial charge in [-0.25, -0.2) is 0 Å². The summed E-state index contributed by atoms with van der Waals surface area (Å²) in [5.41, 5.74) is 7.05. The minimum Gasteiger partial charge on any atom is -0.487 e. The molecule has 100 valence electrons. The van der Waals surface area contributed by atoms with Crippen LogP contribution in [0, 0.1) is 17.0 Å². The first-order valence-corrected chi connectivity index (χ1v) is 5.68. The number of nitrogens with two attached hydrogens (primary N) is 1. The molecular weight excluding hydrogens is 250 g/mol. The van der Waals surface area contributed by atoms with E-state index < -0.39 is 4.92 Å². The van der Waals surface area contributed by atoms with E-state index in [0.717, 1.165) is 0 Å². The third kappa shape index (κ3) is 2.22. The first kappa shape index (κ1) is 12.9. The fraction of sp³-hybridized carbons (Fsp3) is 0.250. The highest BCUT2D eigenvalue weighted by Crippen LogP contribution is 2.39. The molecule has 0 bridgehead atoms. The molecule has 0 saturated carbocycles. The Labute approximate surface area is 109 Å². The number of aromatic nitrogens is 1. The Morgan fingerprint density at radius 3 is 2.79 bits per heavy atom. The molecule has 7 heteroatoms. The van der Waals surface area contributed by atoms with Crippen molar-refractivity contribution in [1.82, 2.24) is 5.16 Å². The Balaban J connectivity index is 2.66. The molecule has 1 heterocycles. The van der Waals surface area contributed by atoms with E-state index in [1.54, 1.807) is 26.0 Å². The summed E-state index contributed by atoms with van der Waals surface area (Å²) >= 11 is 0. The Kier molecular flexibility index (Phi) is 3.37. The van der Waals surface area contributed by atoms with Gasteiger partial charge >= 0.3 is 5.69 Å². The number of ether oxygens (including phenoxy) is 1. The number of rotatable bonds is 4. The van der Waals surface area contributed by atoms with Crippen molar-refractivity contribution >= 4 is 11.6 Å². The first-order chi connectivity index (χ1) is 9.06. The number of nitro groups is 1. The van der Waals surface area contributed by atoms with E-state index in [-0.39, 0.29) is 17.3 Å². The van der Waals surface area contributed by atoms with Crippen LogP contribution in [0.4, 0.5) is 11.6 Å². The highest BCUT2D eigenvalue weighted by molar-refractivity contribution is 5.76. The quantitative estimate of drug-likeness (QED) is 0.671. The van der Waals surface area contributed by atoms with Crippen molar-refractivity contribution in [3.63, 3.8) is 0 Å². The first-order valence-electron chi connectivity index (χ1n) is 5.68. The lowest BCUT2D eigenvalue weighted by Crippen LogP contribution is -2.00. The minimum absolute atomic E-state index is 0.111. The van der Waals surface area contributed by atoms with E-state index in [9.17, 15) is 10.1 Å². The van der Waals surface area contributed by atoms with Crippen molar-refractivity contribution in [2.75, 3.05) is 12.3 Å². The van der Waals surface area contributed by atoms with Gasteiger partial charge < -0.3 is 15.0 Å². The third-order valence-electron chi connectivity index (χ3n) is 2.69. The number of anilines is 1. The summed E-state index contributed by atoms with van der Waals surface area (Å²) in [5, 5.41) is 14.9. The second kappa shape index (κ2) is 4.97. The average molecular weight is 263 g/mol. The molecule has 19 heavy (non-hydrogen) atoms. The Hall–Kier alpha value is -2.57. The number of hydrogen-bond acceptors (Lipinski definition) is 6. The second-order valence-electron chi connectivity index (χ2n) is 3.86. The lowest BCUT2D eigenvalue weighted by molar-refractivity contribution is -0.385. The van der Waals surface area contributed by atoms with Crippen LogP contribution in [0.25, 0.3) is 11.3 Å². The standard InChI is InChI=1S/C12H13N3O4/c1-3-18-11-8(5-4-6-9(11)15(16)17)10-7(2)12(13)19-14-10/h4-6H,3,13H2,1-2H3. The number of nitrogen functional groups attached to an aromatic ring is 1. The van der Waals surface area contributed by atoms with Crippen LogP contribution in [0.2, 0.25) is 0 Å². The zero-order valence-corrected chi connectivity index (χ0v) is 10.5. The van der Waals surface area contributed by atoms with Crippen molar-refractivity contribution < 1.29 is 14.2 Å².